The second kappa shape index (κ2) is 7.73. The van der Waals surface area contributed by atoms with Crippen LogP contribution >= 0.6 is 11.3 Å². The Morgan fingerprint density at radius 2 is 1.71 bits per heavy atom. The summed E-state index contributed by atoms with van der Waals surface area (Å²) in [4.78, 5) is 16.5. The first-order valence-corrected chi connectivity index (χ1v) is 11.3. The van der Waals surface area contributed by atoms with Crippen molar-refractivity contribution in [1.29, 1.82) is 0 Å². The number of benzene rings is 2. The number of carbonyl (C=O) groups is 1. The largest absolute Gasteiger partial charge is 0.326 e. The Hall–Kier alpha value is -2.71. The van der Waals surface area contributed by atoms with E-state index in [1.165, 1.54) is 11.3 Å². The summed E-state index contributed by atoms with van der Waals surface area (Å²) in [5, 5.41) is 4.54. The molecule has 2 aromatic carbocycles. The third kappa shape index (κ3) is 4.58. The molecule has 1 fully saturated rings. The molecule has 144 valence electrons. The number of hydrogen-bond donors (Lipinski definition) is 2. The highest BCUT2D eigenvalue weighted by Crippen LogP contribution is 2.30. The first kappa shape index (κ1) is 18.6. The Kier molecular flexibility index (Phi) is 5.15. The van der Waals surface area contributed by atoms with Crippen LogP contribution in [0.1, 0.15) is 18.5 Å². The highest BCUT2D eigenvalue weighted by Gasteiger charge is 2.36. The van der Waals surface area contributed by atoms with Gasteiger partial charge in [0.1, 0.15) is 0 Å². The van der Waals surface area contributed by atoms with Gasteiger partial charge in [0, 0.05) is 11.1 Å². The van der Waals surface area contributed by atoms with E-state index < -0.39 is 10.0 Å². The van der Waals surface area contributed by atoms with Crippen LogP contribution in [0, 0.1) is 0 Å². The van der Waals surface area contributed by atoms with Crippen molar-refractivity contribution in [3.8, 4) is 11.1 Å². The maximum absolute atomic E-state index is 12.3. The van der Waals surface area contributed by atoms with Gasteiger partial charge in [-0.25, -0.2) is 13.4 Å². The fourth-order valence-electron chi connectivity index (χ4n) is 2.76. The zero-order valence-electron chi connectivity index (χ0n) is 15.0. The number of thiazole rings is 1. The van der Waals surface area contributed by atoms with Gasteiger partial charge in [-0.3, -0.25) is 9.52 Å². The molecule has 2 N–H and O–H groups in total. The molecule has 1 heterocycles. The second-order valence-corrected chi connectivity index (χ2v) is 9.48. The van der Waals surface area contributed by atoms with Crippen molar-refractivity contribution in [2.75, 3.05) is 10.0 Å². The summed E-state index contributed by atoms with van der Waals surface area (Å²) in [6, 6.07) is 17.6. The topological polar surface area (TPSA) is 88.2 Å². The summed E-state index contributed by atoms with van der Waals surface area (Å²) < 4.78 is 26.4. The molecule has 1 aliphatic rings. The van der Waals surface area contributed by atoms with Gasteiger partial charge < -0.3 is 5.32 Å². The van der Waals surface area contributed by atoms with E-state index in [2.05, 4.69) is 15.0 Å². The van der Waals surface area contributed by atoms with Crippen molar-refractivity contribution >= 4 is 38.1 Å². The number of anilines is 2. The van der Waals surface area contributed by atoms with Gasteiger partial charge in [-0.05, 0) is 36.1 Å². The van der Waals surface area contributed by atoms with Crippen LogP contribution in [0.2, 0.25) is 0 Å². The standard InChI is InChI=1S/C20H19N3O3S2/c24-19(12-17-13-27-20(22-17)23-28(25,26)18-10-11-18)21-16-8-6-15(7-9-16)14-4-2-1-3-5-14/h1-9,13,18H,10-12H2,(H,21,24)(H,22,23). The van der Waals surface area contributed by atoms with Crippen molar-refractivity contribution in [3.63, 3.8) is 0 Å². The molecule has 1 aromatic heterocycles. The van der Waals surface area contributed by atoms with Crippen molar-refractivity contribution in [1.82, 2.24) is 4.98 Å². The summed E-state index contributed by atoms with van der Waals surface area (Å²) in [5.74, 6) is -0.200. The molecule has 6 nitrogen and oxygen atoms in total. The lowest BCUT2D eigenvalue weighted by Gasteiger charge is -2.06. The molecule has 1 aliphatic carbocycles. The fraction of sp³-hybridized carbons (Fsp3) is 0.200. The van der Waals surface area contributed by atoms with Crippen molar-refractivity contribution < 1.29 is 13.2 Å². The summed E-state index contributed by atoms with van der Waals surface area (Å²) in [5.41, 5.74) is 3.43. The van der Waals surface area contributed by atoms with Crippen LogP contribution in [-0.4, -0.2) is 24.6 Å². The van der Waals surface area contributed by atoms with Gasteiger partial charge in [-0.2, -0.15) is 0 Å². The Morgan fingerprint density at radius 3 is 2.39 bits per heavy atom. The molecule has 1 amide bonds. The van der Waals surface area contributed by atoms with Gasteiger partial charge in [0.15, 0.2) is 5.13 Å². The summed E-state index contributed by atoms with van der Waals surface area (Å²) in [6.07, 6.45) is 1.47. The third-order valence-corrected chi connectivity index (χ3v) is 7.12. The molecule has 0 unspecified atom stereocenters. The van der Waals surface area contributed by atoms with Gasteiger partial charge in [0.05, 0.1) is 17.4 Å². The van der Waals surface area contributed by atoms with E-state index in [1.54, 1.807) is 5.38 Å². The molecule has 0 atom stereocenters. The van der Waals surface area contributed by atoms with E-state index >= 15 is 0 Å². The minimum absolute atomic E-state index is 0.0854. The summed E-state index contributed by atoms with van der Waals surface area (Å²) in [7, 11) is -3.33. The van der Waals surface area contributed by atoms with E-state index in [0.29, 0.717) is 29.4 Å². The van der Waals surface area contributed by atoms with Crippen LogP contribution in [0.4, 0.5) is 10.8 Å². The zero-order valence-corrected chi connectivity index (χ0v) is 16.6. The van der Waals surface area contributed by atoms with Gasteiger partial charge in [-0.1, -0.05) is 42.5 Å². The number of rotatable bonds is 7. The van der Waals surface area contributed by atoms with E-state index in [4.69, 9.17) is 0 Å². The first-order valence-electron chi connectivity index (χ1n) is 8.91. The predicted molar refractivity (Wildman–Crippen MR) is 112 cm³/mol. The molecule has 4 rings (SSSR count). The lowest BCUT2D eigenvalue weighted by atomic mass is 10.1. The quantitative estimate of drug-likeness (QED) is 0.615. The smallest absolute Gasteiger partial charge is 0.237 e. The highest BCUT2D eigenvalue weighted by atomic mass is 32.2. The zero-order chi connectivity index (χ0) is 19.6. The van der Waals surface area contributed by atoms with Crippen LogP contribution in [0.3, 0.4) is 0 Å². The maximum atomic E-state index is 12.3. The summed E-state index contributed by atoms with van der Waals surface area (Å²) in [6.45, 7) is 0. The minimum atomic E-state index is -3.33. The molecule has 0 saturated heterocycles. The molecule has 1 saturated carbocycles. The molecular formula is C20H19N3O3S2. The molecule has 0 spiro atoms. The highest BCUT2D eigenvalue weighted by molar-refractivity contribution is 7.93. The molecule has 3 aromatic rings. The van der Waals surface area contributed by atoms with Crippen LogP contribution in [-0.2, 0) is 21.2 Å². The predicted octanol–water partition coefficient (Wildman–Crippen LogP) is 3.90. The van der Waals surface area contributed by atoms with Crippen LogP contribution in [0.25, 0.3) is 11.1 Å². The number of aromatic nitrogens is 1. The molecule has 0 radical (unpaired) electrons. The Balaban J connectivity index is 1.34. The number of nitrogens with zero attached hydrogens (tertiary/aromatic N) is 1. The number of sulfonamides is 1. The Morgan fingerprint density at radius 1 is 1.04 bits per heavy atom. The van der Waals surface area contributed by atoms with Crippen LogP contribution < -0.4 is 10.0 Å². The van der Waals surface area contributed by atoms with Crippen LogP contribution in [0.15, 0.2) is 60.0 Å². The number of amides is 1. The van der Waals surface area contributed by atoms with E-state index in [0.717, 1.165) is 11.1 Å². The number of nitrogens with one attached hydrogen (secondary N) is 2. The van der Waals surface area contributed by atoms with Crippen LogP contribution in [0.5, 0.6) is 0 Å². The number of hydrogen-bond acceptors (Lipinski definition) is 5. The number of carbonyl (C=O) groups excluding carboxylic acids is 1. The van der Waals surface area contributed by atoms with E-state index in [1.807, 2.05) is 54.6 Å². The Labute approximate surface area is 167 Å². The van der Waals surface area contributed by atoms with Gasteiger partial charge in [0.2, 0.25) is 15.9 Å². The molecule has 0 bridgehead atoms. The van der Waals surface area contributed by atoms with E-state index in [-0.39, 0.29) is 17.6 Å². The second-order valence-electron chi connectivity index (χ2n) is 6.66. The molecule has 28 heavy (non-hydrogen) atoms. The van der Waals surface area contributed by atoms with E-state index in [9.17, 15) is 13.2 Å². The normalized spacial score (nSPS) is 13.9. The molecule has 8 heteroatoms. The van der Waals surface area contributed by atoms with Gasteiger partial charge >= 0.3 is 0 Å². The fourth-order valence-corrected chi connectivity index (χ4v) is 5.07. The summed E-state index contributed by atoms with van der Waals surface area (Å²) >= 11 is 1.19. The minimum Gasteiger partial charge on any atom is -0.326 e. The average molecular weight is 414 g/mol. The average Bonchev–Trinajstić information content (AvgIpc) is 3.46. The third-order valence-electron chi connectivity index (χ3n) is 4.36. The molecule has 0 aliphatic heterocycles. The SMILES string of the molecule is O=C(Cc1csc(NS(=O)(=O)C2CC2)n1)Nc1ccc(-c2ccccc2)cc1. The van der Waals surface area contributed by atoms with Crippen molar-refractivity contribution in [3.05, 3.63) is 65.7 Å². The maximum Gasteiger partial charge on any atom is 0.237 e. The first-order chi connectivity index (χ1) is 13.5. The van der Waals surface area contributed by atoms with Gasteiger partial charge in [-0.15, -0.1) is 11.3 Å². The molecular weight excluding hydrogens is 394 g/mol. The van der Waals surface area contributed by atoms with Crippen molar-refractivity contribution in [2.45, 2.75) is 24.5 Å². The van der Waals surface area contributed by atoms with Gasteiger partial charge in [0.25, 0.3) is 0 Å². The monoisotopic (exact) mass is 413 g/mol. The van der Waals surface area contributed by atoms with Crippen molar-refractivity contribution in [2.24, 2.45) is 0 Å². The lowest BCUT2D eigenvalue weighted by Crippen LogP contribution is -2.17. The Bertz CT molecular complexity index is 1070. The lowest BCUT2D eigenvalue weighted by molar-refractivity contribution is -0.115.